The maximum Gasteiger partial charge on any atom is 0.123 e. The van der Waals surface area contributed by atoms with E-state index < -0.39 is 0 Å². The van der Waals surface area contributed by atoms with Gasteiger partial charge in [0.1, 0.15) is 5.82 Å². The standard InChI is InChI=1S/C8H12N2.C2H6/c1-6(2)7-4-3-5-8(9)10-7;1-2/h3-6H,1-2H3,(H2,9,10);1-2H3. The van der Waals surface area contributed by atoms with E-state index >= 15 is 0 Å². The van der Waals surface area contributed by atoms with E-state index in [1.54, 1.807) is 6.07 Å². The summed E-state index contributed by atoms with van der Waals surface area (Å²) < 4.78 is 0. The largest absolute Gasteiger partial charge is 0.384 e. The van der Waals surface area contributed by atoms with Crippen molar-refractivity contribution >= 4 is 5.82 Å². The Labute approximate surface area is 74.8 Å². The smallest absolute Gasteiger partial charge is 0.123 e. The molecule has 1 aromatic rings. The SMILES string of the molecule is CC.CC(C)c1cccc(N)n1. The van der Waals surface area contributed by atoms with Crippen LogP contribution in [-0.2, 0) is 0 Å². The van der Waals surface area contributed by atoms with Gasteiger partial charge in [-0.05, 0) is 18.1 Å². The average Bonchev–Trinajstić information content (AvgIpc) is 2.08. The quantitative estimate of drug-likeness (QED) is 0.696. The van der Waals surface area contributed by atoms with E-state index in [1.807, 2.05) is 26.0 Å². The van der Waals surface area contributed by atoms with Gasteiger partial charge in [-0.3, -0.25) is 0 Å². The molecule has 68 valence electrons. The van der Waals surface area contributed by atoms with E-state index in [2.05, 4.69) is 18.8 Å². The van der Waals surface area contributed by atoms with Crippen LogP contribution in [0.3, 0.4) is 0 Å². The summed E-state index contributed by atoms with van der Waals surface area (Å²) in [5, 5.41) is 0. The van der Waals surface area contributed by atoms with Crippen LogP contribution in [-0.4, -0.2) is 4.98 Å². The molecule has 0 bridgehead atoms. The summed E-state index contributed by atoms with van der Waals surface area (Å²) in [6.07, 6.45) is 0. The van der Waals surface area contributed by atoms with Crippen molar-refractivity contribution < 1.29 is 0 Å². The van der Waals surface area contributed by atoms with E-state index in [0.717, 1.165) is 5.69 Å². The average molecular weight is 166 g/mol. The summed E-state index contributed by atoms with van der Waals surface area (Å²) in [7, 11) is 0. The molecule has 0 saturated carbocycles. The molecule has 0 aliphatic carbocycles. The predicted molar refractivity (Wildman–Crippen MR) is 54.1 cm³/mol. The maximum atomic E-state index is 5.49. The third-order valence-electron chi connectivity index (χ3n) is 1.38. The summed E-state index contributed by atoms with van der Waals surface area (Å²) in [6, 6.07) is 5.71. The van der Waals surface area contributed by atoms with Crippen molar-refractivity contribution in [3.05, 3.63) is 23.9 Å². The summed E-state index contributed by atoms with van der Waals surface area (Å²) in [6.45, 7) is 8.20. The minimum atomic E-state index is 0.462. The molecule has 1 aromatic heterocycles. The van der Waals surface area contributed by atoms with Crippen LogP contribution < -0.4 is 5.73 Å². The van der Waals surface area contributed by atoms with E-state index in [1.165, 1.54) is 0 Å². The topological polar surface area (TPSA) is 38.9 Å². The van der Waals surface area contributed by atoms with Crippen LogP contribution in [0.1, 0.15) is 39.3 Å². The molecule has 1 heterocycles. The molecule has 0 spiro atoms. The Morgan fingerprint density at radius 2 is 1.83 bits per heavy atom. The van der Waals surface area contributed by atoms with Gasteiger partial charge in [-0.1, -0.05) is 33.8 Å². The molecule has 2 heteroatoms. The lowest BCUT2D eigenvalue weighted by Gasteiger charge is -2.02. The van der Waals surface area contributed by atoms with Gasteiger partial charge in [0.15, 0.2) is 0 Å². The molecule has 0 radical (unpaired) electrons. The minimum absolute atomic E-state index is 0.462. The Kier molecular flexibility index (Phi) is 5.09. The highest BCUT2D eigenvalue weighted by atomic mass is 14.8. The Hall–Kier alpha value is -1.05. The predicted octanol–water partition coefficient (Wildman–Crippen LogP) is 2.81. The molecule has 0 aliphatic rings. The first-order valence-corrected chi connectivity index (χ1v) is 4.42. The molecule has 0 unspecified atom stereocenters. The van der Waals surface area contributed by atoms with Crippen molar-refractivity contribution in [3.63, 3.8) is 0 Å². The van der Waals surface area contributed by atoms with E-state index in [0.29, 0.717) is 11.7 Å². The number of aromatic nitrogens is 1. The van der Waals surface area contributed by atoms with Gasteiger partial charge in [0.05, 0.1) is 0 Å². The highest BCUT2D eigenvalue weighted by Crippen LogP contribution is 2.11. The molecule has 1 rings (SSSR count). The van der Waals surface area contributed by atoms with Gasteiger partial charge in [0, 0.05) is 5.69 Å². The van der Waals surface area contributed by atoms with Crippen molar-refractivity contribution in [1.82, 2.24) is 4.98 Å². The van der Waals surface area contributed by atoms with Gasteiger partial charge in [0.25, 0.3) is 0 Å². The minimum Gasteiger partial charge on any atom is -0.384 e. The van der Waals surface area contributed by atoms with Crippen LogP contribution in [0.2, 0.25) is 0 Å². The highest BCUT2D eigenvalue weighted by molar-refractivity contribution is 5.29. The van der Waals surface area contributed by atoms with Gasteiger partial charge in [0.2, 0.25) is 0 Å². The zero-order valence-corrected chi connectivity index (χ0v) is 8.33. The van der Waals surface area contributed by atoms with Crippen molar-refractivity contribution in [2.45, 2.75) is 33.6 Å². The number of nitrogens with two attached hydrogens (primary N) is 1. The summed E-state index contributed by atoms with van der Waals surface area (Å²) >= 11 is 0. The normalized spacial score (nSPS) is 9.08. The van der Waals surface area contributed by atoms with Crippen LogP contribution in [0, 0.1) is 0 Å². The van der Waals surface area contributed by atoms with Gasteiger partial charge < -0.3 is 5.73 Å². The summed E-state index contributed by atoms with van der Waals surface area (Å²) in [5.74, 6) is 1.06. The first-order valence-electron chi connectivity index (χ1n) is 4.42. The fraction of sp³-hybridized carbons (Fsp3) is 0.500. The van der Waals surface area contributed by atoms with E-state index in [4.69, 9.17) is 5.73 Å². The molecular formula is C10H18N2. The molecule has 2 N–H and O–H groups in total. The first kappa shape index (κ1) is 11.0. The molecular weight excluding hydrogens is 148 g/mol. The van der Waals surface area contributed by atoms with Gasteiger partial charge in [-0.2, -0.15) is 0 Å². The first-order chi connectivity index (χ1) is 5.70. The third-order valence-corrected chi connectivity index (χ3v) is 1.38. The van der Waals surface area contributed by atoms with Crippen LogP contribution in [0.15, 0.2) is 18.2 Å². The molecule has 2 nitrogen and oxygen atoms in total. The van der Waals surface area contributed by atoms with Gasteiger partial charge in [-0.15, -0.1) is 0 Å². The number of nitrogens with zero attached hydrogens (tertiary/aromatic N) is 1. The van der Waals surface area contributed by atoms with Gasteiger partial charge in [-0.25, -0.2) is 4.98 Å². The van der Waals surface area contributed by atoms with E-state index in [9.17, 15) is 0 Å². The maximum absolute atomic E-state index is 5.49. The zero-order chi connectivity index (χ0) is 9.56. The zero-order valence-electron chi connectivity index (χ0n) is 8.33. The number of hydrogen-bond acceptors (Lipinski definition) is 2. The lowest BCUT2D eigenvalue weighted by atomic mass is 10.1. The molecule has 0 amide bonds. The van der Waals surface area contributed by atoms with Crippen molar-refractivity contribution in [3.8, 4) is 0 Å². The Bertz CT molecular complexity index is 219. The monoisotopic (exact) mass is 166 g/mol. The van der Waals surface area contributed by atoms with Crippen LogP contribution in [0.4, 0.5) is 5.82 Å². The number of nitrogen functional groups attached to an aromatic ring is 1. The molecule has 12 heavy (non-hydrogen) atoms. The molecule has 0 atom stereocenters. The van der Waals surface area contributed by atoms with Gasteiger partial charge >= 0.3 is 0 Å². The molecule has 0 aromatic carbocycles. The molecule has 0 saturated heterocycles. The van der Waals surface area contributed by atoms with E-state index in [-0.39, 0.29) is 0 Å². The third kappa shape index (κ3) is 3.37. The van der Waals surface area contributed by atoms with Crippen molar-refractivity contribution in [2.24, 2.45) is 0 Å². The highest BCUT2D eigenvalue weighted by Gasteiger charge is 1.98. The lowest BCUT2D eigenvalue weighted by molar-refractivity contribution is 0.825. The molecule has 0 aliphatic heterocycles. The second kappa shape index (κ2) is 5.58. The second-order valence-corrected chi connectivity index (χ2v) is 2.64. The summed E-state index contributed by atoms with van der Waals surface area (Å²) in [4.78, 5) is 4.15. The number of anilines is 1. The Morgan fingerprint density at radius 3 is 2.17 bits per heavy atom. The number of pyridine rings is 1. The Morgan fingerprint density at radius 1 is 1.25 bits per heavy atom. The molecule has 0 fully saturated rings. The number of rotatable bonds is 1. The van der Waals surface area contributed by atoms with Crippen molar-refractivity contribution in [1.29, 1.82) is 0 Å². The Balaban J connectivity index is 0.000000561. The fourth-order valence-electron chi connectivity index (χ4n) is 0.790. The number of hydrogen-bond donors (Lipinski definition) is 1. The lowest BCUT2D eigenvalue weighted by Crippen LogP contribution is -1.95. The van der Waals surface area contributed by atoms with Crippen LogP contribution in [0.5, 0.6) is 0 Å². The van der Waals surface area contributed by atoms with Crippen LogP contribution in [0.25, 0.3) is 0 Å². The van der Waals surface area contributed by atoms with Crippen molar-refractivity contribution in [2.75, 3.05) is 5.73 Å². The summed E-state index contributed by atoms with van der Waals surface area (Å²) in [5.41, 5.74) is 6.54. The second-order valence-electron chi connectivity index (χ2n) is 2.64. The fourth-order valence-corrected chi connectivity index (χ4v) is 0.790. The van der Waals surface area contributed by atoms with Crippen LogP contribution >= 0.6 is 0 Å².